The van der Waals surface area contributed by atoms with E-state index in [9.17, 15) is 0 Å². The average molecular weight is 204 g/mol. The lowest BCUT2D eigenvalue weighted by Crippen LogP contribution is -2.04. The topological polar surface area (TPSA) is 43.1 Å². The Balaban J connectivity index is 2.59. The Labute approximate surface area is 89.4 Å². The zero-order chi connectivity index (χ0) is 11.0. The van der Waals surface area contributed by atoms with Gasteiger partial charge in [0.15, 0.2) is 0 Å². The van der Waals surface area contributed by atoms with Crippen LogP contribution in [0.5, 0.6) is 0 Å². The van der Waals surface area contributed by atoms with Crippen LogP contribution in [-0.4, -0.2) is 19.6 Å². The van der Waals surface area contributed by atoms with Crippen LogP contribution in [0.15, 0.2) is 6.20 Å². The van der Waals surface area contributed by atoms with Crippen LogP contribution in [0.4, 0.5) is 0 Å². The molecule has 2 aromatic heterocycles. The zero-order valence-corrected chi connectivity index (χ0v) is 9.65. The predicted octanol–water partition coefficient (Wildman–Crippen LogP) is 1.94. The summed E-state index contributed by atoms with van der Waals surface area (Å²) in [5, 5.41) is 4.39. The smallest absolute Gasteiger partial charge is 0.146 e. The standard InChI is InChI=1S/C11H16N4/c1-7(2)5-11-13-8(3)10-6-12-9(4)14-15(10)11/h6-7H,5H2,1-4H3. The lowest BCUT2D eigenvalue weighted by molar-refractivity contribution is 0.605. The molecule has 2 rings (SSSR count). The van der Waals surface area contributed by atoms with E-state index in [4.69, 9.17) is 0 Å². The van der Waals surface area contributed by atoms with Gasteiger partial charge in [0.2, 0.25) is 0 Å². The van der Waals surface area contributed by atoms with Crippen LogP contribution in [0.3, 0.4) is 0 Å². The van der Waals surface area contributed by atoms with E-state index >= 15 is 0 Å². The third kappa shape index (κ3) is 1.84. The second-order valence-electron chi connectivity index (χ2n) is 4.31. The van der Waals surface area contributed by atoms with Crippen LogP contribution < -0.4 is 0 Å². The minimum atomic E-state index is 0.588. The zero-order valence-electron chi connectivity index (χ0n) is 9.65. The SMILES string of the molecule is Cc1ncc2c(C)nc(CC(C)C)n2n1. The normalized spacial score (nSPS) is 11.5. The van der Waals surface area contributed by atoms with Crippen molar-refractivity contribution in [2.45, 2.75) is 34.1 Å². The predicted molar refractivity (Wildman–Crippen MR) is 58.8 cm³/mol. The quantitative estimate of drug-likeness (QED) is 0.750. The number of hydrogen-bond donors (Lipinski definition) is 0. The summed E-state index contributed by atoms with van der Waals surface area (Å²) in [6.07, 6.45) is 2.79. The molecule has 0 atom stereocenters. The number of nitrogens with zero attached hydrogens (tertiary/aromatic N) is 4. The molecule has 4 nitrogen and oxygen atoms in total. The van der Waals surface area contributed by atoms with Crippen molar-refractivity contribution in [1.82, 2.24) is 19.6 Å². The summed E-state index contributed by atoms with van der Waals surface area (Å²) in [7, 11) is 0. The molecule has 80 valence electrons. The molecule has 15 heavy (non-hydrogen) atoms. The highest BCUT2D eigenvalue weighted by Crippen LogP contribution is 2.13. The Kier molecular flexibility index (Phi) is 2.42. The van der Waals surface area contributed by atoms with Crippen LogP contribution >= 0.6 is 0 Å². The van der Waals surface area contributed by atoms with E-state index < -0.39 is 0 Å². The Hall–Kier alpha value is -1.45. The van der Waals surface area contributed by atoms with E-state index in [-0.39, 0.29) is 0 Å². The molecule has 0 aliphatic heterocycles. The molecule has 4 heteroatoms. The molecule has 2 heterocycles. The number of imidazole rings is 1. The van der Waals surface area contributed by atoms with E-state index in [2.05, 4.69) is 28.9 Å². The number of rotatable bonds is 2. The molecule has 0 bridgehead atoms. The van der Waals surface area contributed by atoms with E-state index in [1.54, 1.807) is 0 Å². The highest BCUT2D eigenvalue weighted by molar-refractivity contribution is 5.49. The molecule has 0 unspecified atom stereocenters. The molecule has 0 saturated heterocycles. The Morgan fingerprint density at radius 2 is 2.07 bits per heavy atom. The van der Waals surface area contributed by atoms with Gasteiger partial charge in [-0.3, -0.25) is 0 Å². The highest BCUT2D eigenvalue weighted by Gasteiger charge is 2.10. The first kappa shape index (κ1) is 10.1. The molecule has 0 amide bonds. The molecule has 0 spiro atoms. The monoisotopic (exact) mass is 204 g/mol. The lowest BCUT2D eigenvalue weighted by atomic mass is 10.1. The molecule has 0 aromatic carbocycles. The molecule has 0 radical (unpaired) electrons. The van der Waals surface area contributed by atoms with Gasteiger partial charge in [-0.25, -0.2) is 14.5 Å². The third-order valence-corrected chi connectivity index (χ3v) is 2.35. The van der Waals surface area contributed by atoms with Crippen molar-refractivity contribution in [3.05, 3.63) is 23.5 Å². The van der Waals surface area contributed by atoms with Gasteiger partial charge in [-0.15, -0.1) is 0 Å². The van der Waals surface area contributed by atoms with Crippen molar-refractivity contribution in [2.75, 3.05) is 0 Å². The van der Waals surface area contributed by atoms with E-state index in [0.717, 1.165) is 29.3 Å². The second-order valence-corrected chi connectivity index (χ2v) is 4.31. The van der Waals surface area contributed by atoms with Crippen molar-refractivity contribution in [3.63, 3.8) is 0 Å². The van der Waals surface area contributed by atoms with Crippen LogP contribution in [0, 0.1) is 19.8 Å². The number of aryl methyl sites for hydroxylation is 2. The number of aromatic nitrogens is 4. The van der Waals surface area contributed by atoms with Gasteiger partial charge in [0.25, 0.3) is 0 Å². The van der Waals surface area contributed by atoms with Gasteiger partial charge < -0.3 is 0 Å². The summed E-state index contributed by atoms with van der Waals surface area (Å²) in [5.74, 6) is 2.40. The molecular formula is C11H16N4. The van der Waals surface area contributed by atoms with Crippen LogP contribution in [0.1, 0.15) is 31.2 Å². The summed E-state index contributed by atoms with van der Waals surface area (Å²) >= 11 is 0. The number of hydrogen-bond acceptors (Lipinski definition) is 3. The second kappa shape index (κ2) is 3.61. The van der Waals surface area contributed by atoms with Gasteiger partial charge in [-0.1, -0.05) is 13.8 Å². The van der Waals surface area contributed by atoms with Gasteiger partial charge >= 0.3 is 0 Å². The van der Waals surface area contributed by atoms with Crippen molar-refractivity contribution in [1.29, 1.82) is 0 Å². The fourth-order valence-electron chi connectivity index (χ4n) is 1.67. The van der Waals surface area contributed by atoms with Gasteiger partial charge in [0, 0.05) is 6.42 Å². The van der Waals surface area contributed by atoms with Crippen LogP contribution in [0.2, 0.25) is 0 Å². The maximum Gasteiger partial charge on any atom is 0.146 e. The largest absolute Gasteiger partial charge is 0.238 e. The number of fused-ring (bicyclic) bond motifs is 1. The summed E-state index contributed by atoms with van der Waals surface area (Å²) in [4.78, 5) is 8.72. The minimum Gasteiger partial charge on any atom is -0.238 e. The van der Waals surface area contributed by atoms with Crippen LogP contribution in [0.25, 0.3) is 5.52 Å². The molecule has 0 saturated carbocycles. The van der Waals surface area contributed by atoms with Crippen molar-refractivity contribution >= 4 is 5.52 Å². The van der Waals surface area contributed by atoms with E-state index in [0.29, 0.717) is 5.92 Å². The summed E-state index contributed by atoms with van der Waals surface area (Å²) < 4.78 is 1.91. The van der Waals surface area contributed by atoms with Gasteiger partial charge in [0.1, 0.15) is 17.2 Å². The maximum absolute atomic E-state index is 4.53. The molecule has 0 aliphatic carbocycles. The minimum absolute atomic E-state index is 0.588. The molecule has 0 aliphatic rings. The fraction of sp³-hybridized carbons (Fsp3) is 0.545. The Morgan fingerprint density at radius 3 is 2.73 bits per heavy atom. The molecular weight excluding hydrogens is 188 g/mol. The van der Waals surface area contributed by atoms with Crippen molar-refractivity contribution in [3.8, 4) is 0 Å². The highest BCUT2D eigenvalue weighted by atomic mass is 15.3. The van der Waals surface area contributed by atoms with Crippen molar-refractivity contribution < 1.29 is 0 Å². The Morgan fingerprint density at radius 1 is 1.33 bits per heavy atom. The first-order valence-corrected chi connectivity index (χ1v) is 5.26. The van der Waals surface area contributed by atoms with Gasteiger partial charge in [0.05, 0.1) is 11.9 Å². The average Bonchev–Trinajstić information content (AvgIpc) is 2.42. The lowest BCUT2D eigenvalue weighted by Gasteiger charge is -2.03. The summed E-state index contributed by atoms with van der Waals surface area (Å²) in [6, 6.07) is 0. The first-order valence-electron chi connectivity index (χ1n) is 5.26. The Bertz CT molecular complexity index is 485. The summed E-state index contributed by atoms with van der Waals surface area (Å²) in [6.45, 7) is 8.26. The summed E-state index contributed by atoms with van der Waals surface area (Å²) in [5.41, 5.74) is 2.02. The van der Waals surface area contributed by atoms with Gasteiger partial charge in [-0.2, -0.15) is 5.10 Å². The fourth-order valence-corrected chi connectivity index (χ4v) is 1.67. The third-order valence-electron chi connectivity index (χ3n) is 2.35. The molecule has 0 N–H and O–H groups in total. The molecule has 0 fully saturated rings. The maximum atomic E-state index is 4.53. The van der Waals surface area contributed by atoms with E-state index in [1.807, 2.05) is 24.6 Å². The van der Waals surface area contributed by atoms with Crippen LogP contribution in [-0.2, 0) is 6.42 Å². The van der Waals surface area contributed by atoms with Gasteiger partial charge in [-0.05, 0) is 19.8 Å². The van der Waals surface area contributed by atoms with E-state index in [1.165, 1.54) is 0 Å². The first-order chi connectivity index (χ1) is 7.08. The molecule has 2 aromatic rings. The van der Waals surface area contributed by atoms with Crippen molar-refractivity contribution in [2.24, 2.45) is 5.92 Å².